The lowest BCUT2D eigenvalue weighted by Gasteiger charge is -2.08. The molecule has 1 heterocycles. The Hall–Kier alpha value is -2.01. The molecular weight excluding hydrogens is 258 g/mol. The number of hydrogen-bond acceptors (Lipinski definition) is 4. The van der Waals surface area contributed by atoms with Crippen LogP contribution < -0.4 is 5.73 Å². The van der Waals surface area contributed by atoms with Crippen molar-refractivity contribution in [1.29, 1.82) is 0 Å². The normalized spacial score (nSPS) is 11.6. The van der Waals surface area contributed by atoms with Gasteiger partial charge in [-0.05, 0) is 49.2 Å². The number of rotatable bonds is 3. The van der Waals surface area contributed by atoms with Gasteiger partial charge in [-0.3, -0.25) is 4.98 Å². The fraction of sp³-hybridized carbons (Fsp3) is 0.143. The van der Waals surface area contributed by atoms with Gasteiger partial charge in [-0.15, -0.1) is 0 Å². The molecule has 2 aromatic rings. The van der Waals surface area contributed by atoms with Crippen LogP contribution in [-0.2, 0) is 0 Å². The minimum absolute atomic E-state index is 0.0203. The maximum absolute atomic E-state index is 8.77. The zero-order chi connectivity index (χ0) is 13.8. The van der Waals surface area contributed by atoms with Gasteiger partial charge in [0.1, 0.15) is 5.69 Å². The highest BCUT2D eigenvalue weighted by Gasteiger charge is 2.09. The van der Waals surface area contributed by atoms with Crippen LogP contribution in [0.1, 0.15) is 16.8 Å². The number of pyridine rings is 1. The molecule has 3 N–H and O–H groups in total. The van der Waals surface area contributed by atoms with Crippen LogP contribution in [0.4, 0.5) is 0 Å². The van der Waals surface area contributed by atoms with Gasteiger partial charge < -0.3 is 10.9 Å². The average molecular weight is 273 g/mol. The molecule has 0 saturated heterocycles. The van der Waals surface area contributed by atoms with E-state index in [4.69, 9.17) is 10.9 Å². The topological polar surface area (TPSA) is 71.5 Å². The summed E-state index contributed by atoms with van der Waals surface area (Å²) in [7, 11) is 0. The lowest BCUT2D eigenvalue weighted by molar-refractivity contribution is 0.318. The number of nitrogens with two attached hydrogens (primary N) is 1. The van der Waals surface area contributed by atoms with E-state index >= 15 is 0 Å². The Labute approximate surface area is 116 Å². The first kappa shape index (κ1) is 13.4. The van der Waals surface area contributed by atoms with Crippen molar-refractivity contribution in [3.05, 3.63) is 53.3 Å². The van der Waals surface area contributed by atoms with Crippen LogP contribution in [0.5, 0.6) is 0 Å². The summed E-state index contributed by atoms with van der Waals surface area (Å²) in [4.78, 5) is 6.11. The summed E-state index contributed by atoms with van der Waals surface area (Å²) < 4.78 is 0. The number of aromatic nitrogens is 1. The Morgan fingerprint density at radius 1 is 1.26 bits per heavy atom. The Morgan fingerprint density at radius 3 is 2.74 bits per heavy atom. The first-order chi connectivity index (χ1) is 9.11. The van der Waals surface area contributed by atoms with Crippen LogP contribution in [-0.4, -0.2) is 16.0 Å². The van der Waals surface area contributed by atoms with Gasteiger partial charge in [0.25, 0.3) is 0 Å². The molecule has 5 heteroatoms. The van der Waals surface area contributed by atoms with Crippen molar-refractivity contribution < 1.29 is 5.21 Å². The maximum atomic E-state index is 8.77. The molecule has 19 heavy (non-hydrogen) atoms. The Bertz CT molecular complexity index is 626. The molecule has 0 radical (unpaired) electrons. The second-order valence-electron chi connectivity index (χ2n) is 4.18. The fourth-order valence-corrected chi connectivity index (χ4v) is 2.64. The summed E-state index contributed by atoms with van der Waals surface area (Å²) in [6.07, 6.45) is 1.62. The summed E-state index contributed by atoms with van der Waals surface area (Å²) >= 11 is 1.55. The quantitative estimate of drug-likeness (QED) is 0.390. The van der Waals surface area contributed by atoms with Crippen molar-refractivity contribution >= 4 is 17.6 Å². The summed E-state index contributed by atoms with van der Waals surface area (Å²) in [5.41, 5.74) is 8.61. The van der Waals surface area contributed by atoms with Crippen molar-refractivity contribution in [1.82, 2.24) is 4.98 Å². The van der Waals surface area contributed by atoms with Gasteiger partial charge in [-0.25, -0.2) is 0 Å². The second kappa shape index (κ2) is 5.75. The first-order valence-corrected chi connectivity index (χ1v) is 6.61. The van der Waals surface area contributed by atoms with Crippen LogP contribution in [0.2, 0.25) is 0 Å². The van der Waals surface area contributed by atoms with Crippen molar-refractivity contribution in [2.24, 2.45) is 10.9 Å². The first-order valence-electron chi connectivity index (χ1n) is 5.80. The van der Waals surface area contributed by atoms with E-state index in [-0.39, 0.29) is 5.84 Å². The SMILES string of the molecule is Cc1ccc(Sc2cccnc2/C(N)=N/O)cc1C. The minimum atomic E-state index is 0.0203. The van der Waals surface area contributed by atoms with E-state index in [0.717, 1.165) is 9.79 Å². The molecule has 0 unspecified atom stereocenters. The smallest absolute Gasteiger partial charge is 0.189 e. The average Bonchev–Trinajstić information content (AvgIpc) is 2.43. The highest BCUT2D eigenvalue weighted by molar-refractivity contribution is 7.99. The number of benzene rings is 1. The van der Waals surface area contributed by atoms with Gasteiger partial charge in [-0.1, -0.05) is 23.0 Å². The zero-order valence-electron chi connectivity index (χ0n) is 10.8. The highest BCUT2D eigenvalue weighted by Crippen LogP contribution is 2.30. The van der Waals surface area contributed by atoms with Gasteiger partial charge >= 0.3 is 0 Å². The molecule has 0 aliphatic heterocycles. The molecule has 2 rings (SSSR count). The molecule has 4 nitrogen and oxygen atoms in total. The molecular formula is C14H15N3OS. The van der Waals surface area contributed by atoms with Crippen LogP contribution in [0.15, 0.2) is 51.5 Å². The Kier molecular flexibility index (Phi) is 4.06. The van der Waals surface area contributed by atoms with Gasteiger partial charge in [0.2, 0.25) is 0 Å². The predicted octanol–water partition coefficient (Wildman–Crippen LogP) is 2.94. The van der Waals surface area contributed by atoms with E-state index in [1.165, 1.54) is 11.1 Å². The molecule has 1 aromatic heterocycles. The number of amidine groups is 1. The van der Waals surface area contributed by atoms with E-state index in [0.29, 0.717) is 5.69 Å². The molecule has 0 fully saturated rings. The molecule has 1 aromatic carbocycles. The molecule has 0 spiro atoms. The molecule has 0 bridgehead atoms. The molecule has 98 valence electrons. The predicted molar refractivity (Wildman–Crippen MR) is 76.8 cm³/mol. The fourth-order valence-electron chi connectivity index (χ4n) is 1.62. The minimum Gasteiger partial charge on any atom is -0.409 e. The number of oxime groups is 1. The van der Waals surface area contributed by atoms with E-state index in [1.54, 1.807) is 18.0 Å². The van der Waals surface area contributed by atoms with Gasteiger partial charge in [-0.2, -0.15) is 0 Å². The highest BCUT2D eigenvalue weighted by atomic mass is 32.2. The van der Waals surface area contributed by atoms with Gasteiger partial charge in [0, 0.05) is 16.0 Å². The Morgan fingerprint density at radius 2 is 2.05 bits per heavy atom. The van der Waals surface area contributed by atoms with Crippen molar-refractivity contribution in [2.45, 2.75) is 23.6 Å². The van der Waals surface area contributed by atoms with Crippen LogP contribution in [0.3, 0.4) is 0 Å². The maximum Gasteiger partial charge on any atom is 0.189 e. The molecule has 0 atom stereocenters. The molecule has 0 aliphatic rings. The van der Waals surface area contributed by atoms with E-state index in [9.17, 15) is 0 Å². The summed E-state index contributed by atoms with van der Waals surface area (Å²) in [5.74, 6) is 0.0203. The summed E-state index contributed by atoms with van der Waals surface area (Å²) in [5, 5.41) is 11.8. The standard InChI is InChI=1S/C14H15N3OS/c1-9-5-6-11(8-10(9)2)19-12-4-3-7-16-13(12)14(15)17-18/h3-8,18H,1-2H3,(H2,15,17). The third-order valence-electron chi connectivity index (χ3n) is 2.83. The monoisotopic (exact) mass is 273 g/mol. The van der Waals surface area contributed by atoms with Crippen LogP contribution >= 0.6 is 11.8 Å². The third-order valence-corrected chi connectivity index (χ3v) is 3.87. The number of hydrogen-bond donors (Lipinski definition) is 2. The summed E-state index contributed by atoms with van der Waals surface area (Å²) in [6.45, 7) is 4.16. The third kappa shape index (κ3) is 3.06. The van der Waals surface area contributed by atoms with Crippen molar-refractivity contribution in [3.8, 4) is 0 Å². The van der Waals surface area contributed by atoms with Crippen molar-refractivity contribution in [2.75, 3.05) is 0 Å². The molecule has 0 aliphatic carbocycles. The van der Waals surface area contributed by atoms with Gasteiger partial charge in [0.15, 0.2) is 5.84 Å². The van der Waals surface area contributed by atoms with Crippen LogP contribution in [0, 0.1) is 13.8 Å². The molecule has 0 saturated carbocycles. The van der Waals surface area contributed by atoms with E-state index in [1.807, 2.05) is 12.1 Å². The lowest BCUT2D eigenvalue weighted by atomic mass is 10.1. The zero-order valence-corrected chi connectivity index (χ0v) is 11.6. The Balaban J connectivity index is 2.35. The number of aryl methyl sites for hydroxylation is 2. The van der Waals surface area contributed by atoms with Crippen molar-refractivity contribution in [3.63, 3.8) is 0 Å². The van der Waals surface area contributed by atoms with Gasteiger partial charge in [0.05, 0.1) is 0 Å². The second-order valence-corrected chi connectivity index (χ2v) is 5.30. The number of nitrogens with zero attached hydrogens (tertiary/aromatic N) is 2. The van der Waals surface area contributed by atoms with E-state index < -0.39 is 0 Å². The summed E-state index contributed by atoms with van der Waals surface area (Å²) in [6, 6.07) is 9.98. The molecule has 0 amide bonds. The lowest BCUT2D eigenvalue weighted by Crippen LogP contribution is -2.15. The largest absolute Gasteiger partial charge is 0.409 e. The van der Waals surface area contributed by atoms with E-state index in [2.05, 4.69) is 42.2 Å². The van der Waals surface area contributed by atoms with Crippen LogP contribution in [0.25, 0.3) is 0 Å².